The van der Waals surface area contributed by atoms with E-state index in [2.05, 4.69) is 29.7 Å². The van der Waals surface area contributed by atoms with Crippen molar-refractivity contribution >= 4 is 11.8 Å². The van der Waals surface area contributed by atoms with Gasteiger partial charge in [-0.25, -0.2) is 0 Å². The zero-order chi connectivity index (χ0) is 8.39. The fourth-order valence-electron chi connectivity index (χ4n) is 1.40. The Morgan fingerprint density at radius 1 is 1.50 bits per heavy atom. The summed E-state index contributed by atoms with van der Waals surface area (Å²) < 4.78 is 0. The van der Waals surface area contributed by atoms with Crippen LogP contribution in [0, 0.1) is 0 Å². The van der Waals surface area contributed by atoms with E-state index in [0.717, 1.165) is 5.75 Å². The molecule has 1 aromatic carbocycles. The molecule has 1 N–H and O–H groups in total. The van der Waals surface area contributed by atoms with Crippen molar-refractivity contribution in [3.63, 3.8) is 0 Å². The summed E-state index contributed by atoms with van der Waals surface area (Å²) >= 11 is 1.87. The van der Waals surface area contributed by atoms with E-state index >= 15 is 0 Å². The Kier molecular flexibility index (Phi) is 2.35. The topological polar surface area (TPSA) is 21.3 Å². The van der Waals surface area contributed by atoms with Crippen LogP contribution in [-0.4, -0.2) is 12.9 Å². The summed E-state index contributed by atoms with van der Waals surface area (Å²) in [4.78, 5) is 6.29. The monoisotopic (exact) mass is 181 g/mol. The van der Waals surface area contributed by atoms with Crippen LogP contribution in [0.3, 0.4) is 0 Å². The van der Waals surface area contributed by atoms with Gasteiger partial charge in [0.15, 0.2) is 0 Å². The summed E-state index contributed by atoms with van der Waals surface area (Å²) in [6.45, 7) is 0. The minimum Gasteiger partial charge on any atom is -0.304 e. The maximum atomic E-state index is 4.92. The SMILES string of the molecule is CONC1CSc2ccccc21. The van der Waals surface area contributed by atoms with Gasteiger partial charge in [-0.1, -0.05) is 18.2 Å². The van der Waals surface area contributed by atoms with Gasteiger partial charge in [0.1, 0.15) is 0 Å². The van der Waals surface area contributed by atoms with Crippen LogP contribution in [0.1, 0.15) is 11.6 Å². The van der Waals surface area contributed by atoms with E-state index in [1.54, 1.807) is 7.11 Å². The molecule has 1 aromatic rings. The molecular formula is C9H11NOS. The molecule has 2 rings (SSSR count). The van der Waals surface area contributed by atoms with Crippen LogP contribution in [0.2, 0.25) is 0 Å². The van der Waals surface area contributed by atoms with Crippen LogP contribution in [0.5, 0.6) is 0 Å². The molecule has 0 aliphatic carbocycles. The molecule has 0 bridgehead atoms. The van der Waals surface area contributed by atoms with E-state index < -0.39 is 0 Å². The van der Waals surface area contributed by atoms with Crippen LogP contribution in [-0.2, 0) is 4.84 Å². The van der Waals surface area contributed by atoms with E-state index in [0.29, 0.717) is 6.04 Å². The number of nitrogens with one attached hydrogen (secondary N) is 1. The molecule has 0 radical (unpaired) electrons. The maximum Gasteiger partial charge on any atom is 0.0676 e. The zero-order valence-electron chi connectivity index (χ0n) is 6.91. The largest absolute Gasteiger partial charge is 0.304 e. The van der Waals surface area contributed by atoms with Crippen molar-refractivity contribution in [3.8, 4) is 0 Å². The molecule has 0 saturated carbocycles. The van der Waals surface area contributed by atoms with Gasteiger partial charge in [0.05, 0.1) is 13.2 Å². The molecule has 0 fully saturated rings. The first-order valence-electron chi connectivity index (χ1n) is 3.92. The Hall–Kier alpha value is -0.510. The Morgan fingerprint density at radius 3 is 3.17 bits per heavy atom. The molecule has 12 heavy (non-hydrogen) atoms. The van der Waals surface area contributed by atoms with Gasteiger partial charge in [-0.15, -0.1) is 11.8 Å². The molecule has 0 amide bonds. The molecule has 1 aliphatic rings. The van der Waals surface area contributed by atoms with Crippen molar-refractivity contribution in [1.82, 2.24) is 5.48 Å². The Bertz CT molecular complexity index is 275. The lowest BCUT2D eigenvalue weighted by atomic mass is 10.1. The molecule has 64 valence electrons. The molecule has 2 nitrogen and oxygen atoms in total. The minimum absolute atomic E-state index is 0.358. The van der Waals surface area contributed by atoms with Gasteiger partial charge in [0.2, 0.25) is 0 Å². The predicted molar refractivity (Wildman–Crippen MR) is 50.1 cm³/mol. The first-order valence-corrected chi connectivity index (χ1v) is 4.90. The molecule has 0 spiro atoms. The number of hydrogen-bond acceptors (Lipinski definition) is 3. The highest BCUT2D eigenvalue weighted by Gasteiger charge is 2.21. The van der Waals surface area contributed by atoms with Gasteiger partial charge in [-0.3, -0.25) is 0 Å². The van der Waals surface area contributed by atoms with Crippen LogP contribution in [0.4, 0.5) is 0 Å². The van der Waals surface area contributed by atoms with E-state index in [1.807, 2.05) is 11.8 Å². The normalized spacial score (nSPS) is 20.9. The van der Waals surface area contributed by atoms with Crippen LogP contribution in [0.15, 0.2) is 29.2 Å². The first kappa shape index (κ1) is 8.10. The summed E-state index contributed by atoms with van der Waals surface area (Å²) in [6.07, 6.45) is 0. The Balaban J connectivity index is 2.24. The highest BCUT2D eigenvalue weighted by Crippen LogP contribution is 2.37. The van der Waals surface area contributed by atoms with Gasteiger partial charge in [0, 0.05) is 10.6 Å². The van der Waals surface area contributed by atoms with Gasteiger partial charge >= 0.3 is 0 Å². The number of fused-ring (bicyclic) bond motifs is 1. The van der Waals surface area contributed by atoms with Crippen molar-refractivity contribution in [1.29, 1.82) is 0 Å². The second-order valence-corrected chi connectivity index (χ2v) is 3.79. The van der Waals surface area contributed by atoms with Crippen molar-refractivity contribution in [2.24, 2.45) is 0 Å². The van der Waals surface area contributed by atoms with Crippen molar-refractivity contribution in [3.05, 3.63) is 29.8 Å². The van der Waals surface area contributed by atoms with Crippen molar-refractivity contribution in [2.45, 2.75) is 10.9 Å². The summed E-state index contributed by atoms with van der Waals surface area (Å²) in [6, 6.07) is 8.79. The molecule has 0 aromatic heterocycles. The summed E-state index contributed by atoms with van der Waals surface area (Å²) in [5, 5.41) is 0. The standard InChI is InChI=1S/C9H11NOS/c1-11-10-8-6-12-9-5-3-2-4-7(8)9/h2-5,8,10H,6H2,1H3. The molecule has 3 heteroatoms. The number of hydrogen-bond donors (Lipinski definition) is 1. The third kappa shape index (κ3) is 1.35. The van der Waals surface area contributed by atoms with E-state index in [4.69, 9.17) is 4.84 Å². The van der Waals surface area contributed by atoms with E-state index in [9.17, 15) is 0 Å². The second-order valence-electron chi connectivity index (χ2n) is 2.72. The predicted octanol–water partition coefficient (Wildman–Crippen LogP) is 1.98. The van der Waals surface area contributed by atoms with Crippen molar-refractivity contribution in [2.75, 3.05) is 12.9 Å². The van der Waals surface area contributed by atoms with Crippen molar-refractivity contribution < 1.29 is 4.84 Å². The third-order valence-electron chi connectivity index (χ3n) is 1.96. The van der Waals surface area contributed by atoms with Gasteiger partial charge in [-0.05, 0) is 11.6 Å². The Morgan fingerprint density at radius 2 is 2.33 bits per heavy atom. The Labute approximate surface area is 76.3 Å². The first-order chi connectivity index (χ1) is 5.92. The van der Waals surface area contributed by atoms with Gasteiger partial charge in [0.25, 0.3) is 0 Å². The summed E-state index contributed by atoms with van der Waals surface area (Å²) in [7, 11) is 1.66. The second kappa shape index (κ2) is 3.47. The summed E-state index contributed by atoms with van der Waals surface area (Å²) in [5.74, 6) is 1.06. The molecule has 1 heterocycles. The summed E-state index contributed by atoms with van der Waals surface area (Å²) in [5.41, 5.74) is 4.33. The maximum absolute atomic E-state index is 4.92. The van der Waals surface area contributed by atoms with Crippen LogP contribution in [0.25, 0.3) is 0 Å². The lowest BCUT2D eigenvalue weighted by molar-refractivity contribution is 0.0675. The number of benzene rings is 1. The fourth-order valence-corrected chi connectivity index (χ4v) is 2.55. The number of thioether (sulfide) groups is 1. The molecule has 0 saturated heterocycles. The van der Waals surface area contributed by atoms with Crippen LogP contribution < -0.4 is 5.48 Å². The lowest BCUT2D eigenvalue weighted by Crippen LogP contribution is -2.19. The van der Waals surface area contributed by atoms with E-state index in [-0.39, 0.29) is 0 Å². The smallest absolute Gasteiger partial charge is 0.0676 e. The third-order valence-corrected chi connectivity index (χ3v) is 3.14. The van der Waals surface area contributed by atoms with Gasteiger partial charge in [-0.2, -0.15) is 5.48 Å². The molecular weight excluding hydrogens is 170 g/mol. The van der Waals surface area contributed by atoms with Crippen LogP contribution >= 0.6 is 11.8 Å². The fraction of sp³-hybridized carbons (Fsp3) is 0.333. The molecule has 1 aliphatic heterocycles. The average Bonchev–Trinajstić information content (AvgIpc) is 2.50. The molecule has 1 atom stereocenters. The minimum atomic E-state index is 0.358. The number of hydroxylamine groups is 1. The molecule has 1 unspecified atom stereocenters. The highest BCUT2D eigenvalue weighted by atomic mass is 32.2. The quantitative estimate of drug-likeness (QED) is 0.705. The van der Waals surface area contributed by atoms with Gasteiger partial charge < -0.3 is 4.84 Å². The zero-order valence-corrected chi connectivity index (χ0v) is 7.73. The average molecular weight is 181 g/mol. The lowest BCUT2D eigenvalue weighted by Gasteiger charge is -2.09. The highest BCUT2D eigenvalue weighted by molar-refractivity contribution is 7.99. The number of rotatable bonds is 2. The van der Waals surface area contributed by atoms with E-state index in [1.165, 1.54) is 10.5 Å².